The smallest absolute Gasteiger partial charge is 0.125 e. The summed E-state index contributed by atoms with van der Waals surface area (Å²) in [6, 6.07) is 0.338. The summed E-state index contributed by atoms with van der Waals surface area (Å²) in [5, 5.41) is 0. The van der Waals surface area contributed by atoms with E-state index in [0.29, 0.717) is 6.04 Å². The predicted octanol–water partition coefficient (Wildman–Crippen LogP) is 1.84. The van der Waals surface area contributed by atoms with E-state index in [-0.39, 0.29) is 0 Å². The molecule has 0 saturated heterocycles. The number of ether oxygens (including phenoxy) is 1. The van der Waals surface area contributed by atoms with Gasteiger partial charge in [-0.25, -0.2) is 0 Å². The molecule has 0 aromatic rings. The quantitative estimate of drug-likeness (QED) is 0.603. The van der Waals surface area contributed by atoms with Crippen LogP contribution in [0.5, 0.6) is 0 Å². The monoisotopic (exact) mass is 175 g/mol. The first-order chi connectivity index (χ1) is 6.33. The first kappa shape index (κ1) is 8.17. The number of methoxy groups -OCH3 is 1. The Morgan fingerprint density at radius 3 is 2.92 bits per heavy atom. The lowest BCUT2D eigenvalue weighted by Gasteiger charge is -2.31. The van der Waals surface area contributed by atoms with Crippen LogP contribution in [0, 0.1) is 0 Å². The Morgan fingerprint density at radius 1 is 1.31 bits per heavy atom. The van der Waals surface area contributed by atoms with Crippen molar-refractivity contribution in [1.82, 2.24) is 4.90 Å². The van der Waals surface area contributed by atoms with Crippen molar-refractivity contribution >= 4 is 0 Å². The van der Waals surface area contributed by atoms with Gasteiger partial charge in [0.25, 0.3) is 0 Å². The minimum atomic E-state index is 0.338. The molecule has 2 nitrogen and oxygen atoms in total. The molecule has 13 heavy (non-hydrogen) atoms. The highest BCUT2D eigenvalue weighted by atomic mass is 16.5. The molecule has 1 aliphatic heterocycles. The summed E-state index contributed by atoms with van der Waals surface area (Å²) in [5.74, 6) is 0.962. The molecule has 0 aromatic carbocycles. The van der Waals surface area contributed by atoms with Crippen LogP contribution < -0.4 is 0 Å². The summed E-state index contributed by atoms with van der Waals surface area (Å²) in [4.78, 5) is 2.16. The molecule has 0 saturated carbocycles. The molecule has 1 aliphatic carbocycles. The molecule has 0 N–H and O–H groups in total. The van der Waals surface area contributed by atoms with Crippen molar-refractivity contribution in [2.24, 2.45) is 0 Å². The second-order valence-corrected chi connectivity index (χ2v) is 3.19. The first-order valence-electron chi connectivity index (χ1n) is 4.36. The molecule has 0 radical (unpaired) electrons. The molecule has 0 bridgehead atoms. The molecular weight excluding hydrogens is 162 g/mol. The topological polar surface area (TPSA) is 12.5 Å². The SMILES string of the molecule is COC1=C2C=CC=CC2N(C)C=C1. The highest BCUT2D eigenvalue weighted by Gasteiger charge is 2.21. The Balaban J connectivity index is 2.42. The van der Waals surface area contributed by atoms with Gasteiger partial charge in [0.2, 0.25) is 0 Å². The lowest BCUT2D eigenvalue weighted by molar-refractivity contribution is 0.285. The molecule has 0 fully saturated rings. The molecule has 2 heteroatoms. The van der Waals surface area contributed by atoms with Crippen LogP contribution in [-0.2, 0) is 4.74 Å². The van der Waals surface area contributed by atoms with Crippen molar-refractivity contribution in [2.75, 3.05) is 14.2 Å². The van der Waals surface area contributed by atoms with Crippen LogP contribution in [0.15, 0.2) is 47.9 Å². The molecule has 0 spiro atoms. The Hall–Kier alpha value is -1.44. The van der Waals surface area contributed by atoms with Gasteiger partial charge in [0.1, 0.15) is 5.76 Å². The Kier molecular flexibility index (Phi) is 1.97. The molecule has 1 unspecified atom stereocenters. The van der Waals surface area contributed by atoms with Crippen molar-refractivity contribution < 1.29 is 4.74 Å². The maximum absolute atomic E-state index is 5.29. The second kappa shape index (κ2) is 3.13. The van der Waals surface area contributed by atoms with Gasteiger partial charge in [0, 0.05) is 18.8 Å². The number of fused-ring (bicyclic) bond motifs is 1. The molecule has 2 rings (SSSR count). The number of likely N-dealkylation sites (N-methyl/N-ethyl adjacent to an activating group) is 1. The van der Waals surface area contributed by atoms with Gasteiger partial charge in [0.15, 0.2) is 0 Å². The van der Waals surface area contributed by atoms with E-state index in [1.54, 1.807) is 7.11 Å². The maximum atomic E-state index is 5.29. The van der Waals surface area contributed by atoms with E-state index in [9.17, 15) is 0 Å². The molecule has 0 amide bonds. The lowest BCUT2D eigenvalue weighted by atomic mass is 9.97. The lowest BCUT2D eigenvalue weighted by Crippen LogP contribution is -2.30. The maximum Gasteiger partial charge on any atom is 0.125 e. The molecule has 2 aliphatic rings. The third-order valence-corrected chi connectivity index (χ3v) is 2.40. The average Bonchev–Trinajstić information content (AvgIpc) is 2.19. The van der Waals surface area contributed by atoms with E-state index in [2.05, 4.69) is 30.2 Å². The zero-order valence-corrected chi connectivity index (χ0v) is 7.90. The van der Waals surface area contributed by atoms with E-state index in [0.717, 1.165) is 5.76 Å². The van der Waals surface area contributed by atoms with Gasteiger partial charge in [-0.15, -0.1) is 0 Å². The number of allylic oxidation sites excluding steroid dienone is 3. The van der Waals surface area contributed by atoms with Crippen LogP contribution >= 0.6 is 0 Å². The highest BCUT2D eigenvalue weighted by Crippen LogP contribution is 2.25. The molecule has 1 atom stereocenters. The van der Waals surface area contributed by atoms with E-state index in [1.807, 2.05) is 18.4 Å². The number of hydrogen-bond donors (Lipinski definition) is 0. The third-order valence-electron chi connectivity index (χ3n) is 2.40. The fourth-order valence-corrected chi connectivity index (χ4v) is 1.67. The van der Waals surface area contributed by atoms with Crippen molar-refractivity contribution in [3.8, 4) is 0 Å². The first-order valence-corrected chi connectivity index (χ1v) is 4.36. The van der Waals surface area contributed by atoms with Crippen LogP contribution in [0.3, 0.4) is 0 Å². The number of rotatable bonds is 1. The molecular formula is C11H13NO. The fourth-order valence-electron chi connectivity index (χ4n) is 1.67. The van der Waals surface area contributed by atoms with Gasteiger partial charge in [-0.3, -0.25) is 0 Å². The van der Waals surface area contributed by atoms with Gasteiger partial charge in [0.05, 0.1) is 13.2 Å². The Morgan fingerprint density at radius 2 is 2.15 bits per heavy atom. The van der Waals surface area contributed by atoms with Crippen LogP contribution in [-0.4, -0.2) is 25.1 Å². The van der Waals surface area contributed by atoms with Crippen molar-refractivity contribution in [2.45, 2.75) is 6.04 Å². The van der Waals surface area contributed by atoms with Crippen LogP contribution in [0.25, 0.3) is 0 Å². The van der Waals surface area contributed by atoms with E-state index < -0.39 is 0 Å². The van der Waals surface area contributed by atoms with Gasteiger partial charge < -0.3 is 9.64 Å². The Labute approximate surface area is 78.5 Å². The second-order valence-electron chi connectivity index (χ2n) is 3.19. The fraction of sp³-hybridized carbons (Fsp3) is 0.273. The normalized spacial score (nSPS) is 25.1. The highest BCUT2D eigenvalue weighted by molar-refractivity contribution is 5.43. The summed E-state index contributed by atoms with van der Waals surface area (Å²) >= 11 is 0. The van der Waals surface area contributed by atoms with Gasteiger partial charge in [-0.05, 0) is 6.08 Å². The number of hydrogen-bond acceptors (Lipinski definition) is 2. The zero-order chi connectivity index (χ0) is 9.26. The van der Waals surface area contributed by atoms with Crippen LogP contribution in [0.2, 0.25) is 0 Å². The van der Waals surface area contributed by atoms with Crippen LogP contribution in [0.1, 0.15) is 0 Å². The van der Waals surface area contributed by atoms with E-state index >= 15 is 0 Å². The molecule has 1 heterocycles. The van der Waals surface area contributed by atoms with Crippen molar-refractivity contribution in [3.05, 3.63) is 47.9 Å². The van der Waals surface area contributed by atoms with Crippen LogP contribution in [0.4, 0.5) is 0 Å². The standard InChI is InChI=1S/C11H13NO/c1-12-8-7-11(13-2)9-5-3-4-6-10(9)12/h3-8,10H,1-2H3. The third kappa shape index (κ3) is 1.28. The summed E-state index contributed by atoms with van der Waals surface area (Å²) in [7, 11) is 3.78. The van der Waals surface area contributed by atoms with E-state index in [1.165, 1.54) is 5.57 Å². The summed E-state index contributed by atoms with van der Waals surface area (Å²) in [5.41, 5.74) is 1.23. The van der Waals surface area contributed by atoms with Gasteiger partial charge in [-0.1, -0.05) is 24.3 Å². The summed E-state index contributed by atoms with van der Waals surface area (Å²) in [6.07, 6.45) is 12.4. The average molecular weight is 175 g/mol. The van der Waals surface area contributed by atoms with Gasteiger partial charge in [-0.2, -0.15) is 0 Å². The Bertz CT molecular complexity index is 323. The largest absolute Gasteiger partial charge is 0.496 e. The minimum Gasteiger partial charge on any atom is -0.496 e. The zero-order valence-electron chi connectivity index (χ0n) is 7.90. The van der Waals surface area contributed by atoms with Crippen molar-refractivity contribution in [1.29, 1.82) is 0 Å². The minimum absolute atomic E-state index is 0.338. The van der Waals surface area contributed by atoms with Crippen molar-refractivity contribution in [3.63, 3.8) is 0 Å². The molecule has 0 aromatic heterocycles. The number of nitrogens with zero attached hydrogens (tertiary/aromatic N) is 1. The van der Waals surface area contributed by atoms with Gasteiger partial charge >= 0.3 is 0 Å². The predicted molar refractivity (Wildman–Crippen MR) is 53.0 cm³/mol. The summed E-state index contributed by atoms with van der Waals surface area (Å²) in [6.45, 7) is 0. The van der Waals surface area contributed by atoms with E-state index in [4.69, 9.17) is 4.74 Å². The summed E-state index contributed by atoms with van der Waals surface area (Å²) < 4.78 is 5.29. The molecule has 68 valence electrons.